The zero-order valence-electron chi connectivity index (χ0n) is 12.4. The van der Waals surface area contributed by atoms with E-state index in [2.05, 4.69) is 28.8 Å². The molecule has 0 atom stereocenters. The molecule has 0 aliphatic heterocycles. The molecular formula is C15H21N3O2S. The van der Waals surface area contributed by atoms with Crippen molar-refractivity contribution >= 4 is 15.8 Å². The minimum absolute atomic E-state index is 0.252. The molecule has 0 aliphatic carbocycles. The van der Waals surface area contributed by atoms with Gasteiger partial charge < -0.3 is 0 Å². The molecule has 2 aromatic rings. The van der Waals surface area contributed by atoms with Gasteiger partial charge in [-0.15, -0.1) is 0 Å². The van der Waals surface area contributed by atoms with E-state index in [9.17, 15) is 8.42 Å². The molecule has 0 saturated carbocycles. The summed E-state index contributed by atoms with van der Waals surface area (Å²) in [4.78, 5) is 0.252. The van der Waals surface area contributed by atoms with Crippen LogP contribution in [0.1, 0.15) is 37.9 Å². The molecule has 5 nitrogen and oxygen atoms in total. The van der Waals surface area contributed by atoms with Crippen molar-refractivity contribution in [3.05, 3.63) is 41.6 Å². The van der Waals surface area contributed by atoms with E-state index in [4.69, 9.17) is 0 Å². The smallest absolute Gasteiger partial charge is 0.263 e. The summed E-state index contributed by atoms with van der Waals surface area (Å²) in [5, 5.41) is 6.81. The number of benzene rings is 1. The molecule has 0 fully saturated rings. The SMILES string of the molecule is CCCc1ccc(S(=O)(=O)Nc2cc(CCC)[nH]n2)cc1. The number of hydrogen-bond donors (Lipinski definition) is 2. The average molecular weight is 307 g/mol. The van der Waals surface area contributed by atoms with Crippen LogP contribution in [0.5, 0.6) is 0 Å². The maximum Gasteiger partial charge on any atom is 0.263 e. The number of rotatable bonds is 7. The van der Waals surface area contributed by atoms with Gasteiger partial charge in [-0.1, -0.05) is 38.8 Å². The van der Waals surface area contributed by atoms with Crippen LogP contribution in [0.4, 0.5) is 5.82 Å². The number of nitrogens with zero attached hydrogens (tertiary/aromatic N) is 1. The van der Waals surface area contributed by atoms with Gasteiger partial charge in [-0.3, -0.25) is 9.82 Å². The lowest BCUT2D eigenvalue weighted by Gasteiger charge is -2.06. The maximum absolute atomic E-state index is 12.3. The first-order valence-corrected chi connectivity index (χ1v) is 8.69. The molecule has 0 amide bonds. The van der Waals surface area contributed by atoms with Crippen molar-refractivity contribution in [2.45, 2.75) is 44.4 Å². The van der Waals surface area contributed by atoms with Gasteiger partial charge in [0.15, 0.2) is 5.82 Å². The van der Waals surface area contributed by atoms with E-state index in [-0.39, 0.29) is 4.90 Å². The van der Waals surface area contributed by atoms with Crippen LogP contribution in [0.2, 0.25) is 0 Å². The molecule has 1 aromatic heterocycles. The van der Waals surface area contributed by atoms with Gasteiger partial charge in [0.25, 0.3) is 10.0 Å². The molecule has 2 N–H and O–H groups in total. The number of anilines is 1. The molecule has 1 heterocycles. The van der Waals surface area contributed by atoms with Gasteiger partial charge in [-0.25, -0.2) is 8.42 Å². The lowest BCUT2D eigenvalue weighted by atomic mass is 10.1. The highest BCUT2D eigenvalue weighted by molar-refractivity contribution is 7.92. The van der Waals surface area contributed by atoms with Crippen molar-refractivity contribution in [2.24, 2.45) is 0 Å². The van der Waals surface area contributed by atoms with Gasteiger partial charge in [0.1, 0.15) is 0 Å². The lowest BCUT2D eigenvalue weighted by molar-refractivity contribution is 0.601. The van der Waals surface area contributed by atoms with E-state index in [0.29, 0.717) is 5.82 Å². The number of sulfonamides is 1. The summed E-state index contributed by atoms with van der Waals surface area (Å²) in [6.07, 6.45) is 3.82. The third-order valence-electron chi connectivity index (χ3n) is 3.16. The highest BCUT2D eigenvalue weighted by Crippen LogP contribution is 2.16. The van der Waals surface area contributed by atoms with Crippen LogP contribution in [0.25, 0.3) is 0 Å². The minimum atomic E-state index is -3.58. The summed E-state index contributed by atoms with van der Waals surface area (Å²) in [6, 6.07) is 8.70. The Morgan fingerprint density at radius 2 is 1.76 bits per heavy atom. The minimum Gasteiger partial charge on any atom is -0.280 e. The second-order valence-corrected chi connectivity index (χ2v) is 6.71. The number of aryl methyl sites for hydroxylation is 2. The van der Waals surface area contributed by atoms with Crippen molar-refractivity contribution in [3.8, 4) is 0 Å². The first-order chi connectivity index (χ1) is 10.0. The highest BCUT2D eigenvalue weighted by Gasteiger charge is 2.15. The molecule has 0 bridgehead atoms. The number of hydrogen-bond acceptors (Lipinski definition) is 3. The Morgan fingerprint density at radius 3 is 2.38 bits per heavy atom. The van der Waals surface area contributed by atoms with Gasteiger partial charge in [-0.05, 0) is 30.5 Å². The molecule has 21 heavy (non-hydrogen) atoms. The Morgan fingerprint density at radius 1 is 1.10 bits per heavy atom. The first-order valence-electron chi connectivity index (χ1n) is 7.21. The van der Waals surface area contributed by atoms with Crippen molar-refractivity contribution in [1.29, 1.82) is 0 Å². The molecule has 114 valence electrons. The normalized spacial score (nSPS) is 11.5. The van der Waals surface area contributed by atoms with Crippen molar-refractivity contribution < 1.29 is 8.42 Å². The van der Waals surface area contributed by atoms with Crippen LogP contribution in [-0.4, -0.2) is 18.6 Å². The van der Waals surface area contributed by atoms with E-state index < -0.39 is 10.0 Å². The molecular weight excluding hydrogens is 286 g/mol. The van der Waals surface area contributed by atoms with E-state index in [0.717, 1.165) is 36.9 Å². The third kappa shape index (κ3) is 4.07. The van der Waals surface area contributed by atoms with Gasteiger partial charge in [0, 0.05) is 11.8 Å². The van der Waals surface area contributed by atoms with Crippen LogP contribution in [0, 0.1) is 0 Å². The molecule has 0 unspecified atom stereocenters. The molecule has 0 saturated heterocycles. The third-order valence-corrected chi connectivity index (χ3v) is 4.53. The summed E-state index contributed by atoms with van der Waals surface area (Å²) in [6.45, 7) is 4.15. The Hall–Kier alpha value is -1.82. The fourth-order valence-electron chi connectivity index (χ4n) is 2.13. The van der Waals surface area contributed by atoms with E-state index >= 15 is 0 Å². The topological polar surface area (TPSA) is 74.8 Å². The standard InChI is InChI=1S/C15H21N3O2S/c1-3-5-12-7-9-14(10-8-12)21(19,20)18-15-11-13(6-4-2)16-17-15/h7-11H,3-6H2,1-2H3,(H2,16,17,18). The Balaban J connectivity index is 2.13. The number of aromatic amines is 1. The fourth-order valence-corrected chi connectivity index (χ4v) is 3.12. The molecule has 6 heteroatoms. The Labute approximate surface area is 125 Å². The van der Waals surface area contributed by atoms with E-state index in [1.165, 1.54) is 0 Å². The van der Waals surface area contributed by atoms with Crippen molar-refractivity contribution in [2.75, 3.05) is 4.72 Å². The zero-order valence-corrected chi connectivity index (χ0v) is 13.2. The lowest BCUT2D eigenvalue weighted by Crippen LogP contribution is -2.13. The second kappa shape index (κ2) is 6.76. The summed E-state index contributed by atoms with van der Waals surface area (Å²) in [5.74, 6) is 0.330. The first kappa shape index (κ1) is 15.6. The average Bonchev–Trinajstić information content (AvgIpc) is 2.87. The summed E-state index contributed by atoms with van der Waals surface area (Å²) < 4.78 is 27.0. The predicted molar refractivity (Wildman–Crippen MR) is 83.8 cm³/mol. The predicted octanol–water partition coefficient (Wildman–Crippen LogP) is 3.12. The van der Waals surface area contributed by atoms with Crippen LogP contribution in [-0.2, 0) is 22.9 Å². The highest BCUT2D eigenvalue weighted by atomic mass is 32.2. The van der Waals surface area contributed by atoms with E-state index in [1.807, 2.05) is 12.1 Å². The van der Waals surface area contributed by atoms with Crippen molar-refractivity contribution in [1.82, 2.24) is 10.2 Å². The Bertz CT molecular complexity index is 675. The van der Waals surface area contributed by atoms with Crippen LogP contribution in [0.15, 0.2) is 35.2 Å². The molecule has 0 radical (unpaired) electrons. The summed E-state index contributed by atoms with van der Waals surface area (Å²) in [7, 11) is -3.58. The fraction of sp³-hybridized carbons (Fsp3) is 0.400. The second-order valence-electron chi connectivity index (χ2n) is 5.03. The quantitative estimate of drug-likeness (QED) is 0.825. The van der Waals surface area contributed by atoms with Gasteiger partial charge in [-0.2, -0.15) is 5.10 Å². The largest absolute Gasteiger partial charge is 0.280 e. The summed E-state index contributed by atoms with van der Waals surface area (Å²) >= 11 is 0. The maximum atomic E-state index is 12.3. The van der Waals surface area contributed by atoms with Crippen LogP contribution in [0.3, 0.4) is 0 Å². The van der Waals surface area contributed by atoms with Gasteiger partial charge in [0.2, 0.25) is 0 Å². The number of H-pyrrole nitrogens is 1. The molecule has 2 rings (SSSR count). The zero-order chi connectivity index (χ0) is 15.3. The van der Waals surface area contributed by atoms with Crippen LogP contribution >= 0.6 is 0 Å². The van der Waals surface area contributed by atoms with Crippen molar-refractivity contribution in [3.63, 3.8) is 0 Å². The molecule has 1 aromatic carbocycles. The molecule has 0 spiro atoms. The van der Waals surface area contributed by atoms with E-state index in [1.54, 1.807) is 18.2 Å². The Kier molecular flexibility index (Phi) is 5.01. The number of aromatic nitrogens is 2. The van der Waals surface area contributed by atoms with Gasteiger partial charge in [0.05, 0.1) is 4.90 Å². The molecule has 0 aliphatic rings. The van der Waals surface area contributed by atoms with Gasteiger partial charge >= 0.3 is 0 Å². The number of nitrogens with one attached hydrogen (secondary N) is 2. The summed E-state index contributed by atoms with van der Waals surface area (Å²) in [5.41, 5.74) is 2.06. The van der Waals surface area contributed by atoms with Crippen LogP contribution < -0.4 is 4.72 Å². The monoisotopic (exact) mass is 307 g/mol.